The Labute approximate surface area is 222 Å². The number of nitrogens with two attached hydrogens (primary N) is 1. The molecule has 0 spiro atoms. The van der Waals surface area contributed by atoms with Crippen LogP contribution in [0.2, 0.25) is 0 Å². The molecular weight excluding hydrogens is 488 g/mol. The average Bonchev–Trinajstić information content (AvgIpc) is 2.87. The Kier molecular flexibility index (Phi) is 6.50. The van der Waals surface area contributed by atoms with E-state index in [2.05, 4.69) is 10.2 Å². The molecule has 204 valence electrons. The van der Waals surface area contributed by atoms with Crippen molar-refractivity contribution in [1.29, 1.82) is 0 Å². The van der Waals surface area contributed by atoms with Crippen LogP contribution < -0.4 is 15.8 Å². The van der Waals surface area contributed by atoms with E-state index in [0.29, 0.717) is 40.0 Å². The van der Waals surface area contributed by atoms with Gasteiger partial charge in [0.15, 0.2) is 23.1 Å². The van der Waals surface area contributed by atoms with Gasteiger partial charge in [0.1, 0.15) is 6.23 Å². The van der Waals surface area contributed by atoms with E-state index in [0.717, 1.165) is 11.1 Å². The highest BCUT2D eigenvalue weighted by atomic mass is 16.5. The van der Waals surface area contributed by atoms with Gasteiger partial charge >= 0.3 is 0 Å². The fourth-order valence-corrected chi connectivity index (χ4v) is 6.88. The van der Waals surface area contributed by atoms with E-state index in [-0.39, 0.29) is 42.2 Å². The van der Waals surface area contributed by atoms with Crippen LogP contribution in [0.15, 0.2) is 28.4 Å². The molecule has 2 bridgehead atoms. The second kappa shape index (κ2) is 9.30. The monoisotopic (exact) mass is 524 g/mol. The minimum Gasteiger partial charge on any atom is -0.504 e. The highest BCUT2D eigenvalue weighted by Crippen LogP contribution is 2.53. The number of piperazine rings is 1. The van der Waals surface area contributed by atoms with Crippen molar-refractivity contribution in [2.45, 2.75) is 77.0 Å². The number of nitrogens with zero attached hydrogens (tertiary/aromatic N) is 2. The summed E-state index contributed by atoms with van der Waals surface area (Å²) in [5, 5.41) is 26.0. The van der Waals surface area contributed by atoms with Gasteiger partial charge in [0.2, 0.25) is 5.91 Å². The third-order valence-electron chi connectivity index (χ3n) is 8.93. The fourth-order valence-electron chi connectivity index (χ4n) is 6.88. The Morgan fingerprint density at radius 2 is 1.84 bits per heavy atom. The molecule has 1 fully saturated rings. The van der Waals surface area contributed by atoms with Gasteiger partial charge in [0, 0.05) is 40.4 Å². The Morgan fingerprint density at radius 3 is 2.47 bits per heavy atom. The third-order valence-corrected chi connectivity index (χ3v) is 8.93. The first-order chi connectivity index (χ1) is 17.9. The van der Waals surface area contributed by atoms with Gasteiger partial charge < -0.3 is 26.0 Å². The molecule has 4 aliphatic rings. The SMILES string of the molecule is COc1c(C)cc2c(c1O)[C@@H]1[C@@H]3CC4=C(C(=O)C(C)=C(C)C4=O)[C@H](CNC(=O)[C@H](C)N)N3[C@@H](O)[C@@H](C2)N1C. The number of carbonyl (C=O) groups excluding carboxylic acids is 3. The minimum atomic E-state index is -0.986. The average molecular weight is 525 g/mol. The summed E-state index contributed by atoms with van der Waals surface area (Å²) < 4.78 is 5.52. The molecule has 6 atom stereocenters. The lowest BCUT2D eigenvalue weighted by atomic mass is 9.70. The van der Waals surface area contributed by atoms with Gasteiger partial charge in [-0.3, -0.25) is 24.2 Å². The number of carbonyl (C=O) groups is 3. The molecule has 1 saturated heterocycles. The number of phenols is 1. The molecule has 5 N–H and O–H groups in total. The summed E-state index contributed by atoms with van der Waals surface area (Å²) in [5.41, 5.74) is 9.72. The van der Waals surface area contributed by atoms with Crippen molar-refractivity contribution in [1.82, 2.24) is 15.1 Å². The Balaban J connectivity index is 1.69. The smallest absolute Gasteiger partial charge is 0.236 e. The number of methoxy groups -OCH3 is 1. The van der Waals surface area contributed by atoms with Crippen LogP contribution in [0.5, 0.6) is 11.5 Å². The van der Waals surface area contributed by atoms with Crippen molar-refractivity contribution < 1.29 is 29.3 Å². The van der Waals surface area contributed by atoms with E-state index >= 15 is 0 Å². The number of aryl methyl sites for hydroxylation is 1. The van der Waals surface area contributed by atoms with E-state index < -0.39 is 30.4 Å². The summed E-state index contributed by atoms with van der Waals surface area (Å²) in [6, 6.07) is -0.692. The van der Waals surface area contributed by atoms with E-state index in [4.69, 9.17) is 10.5 Å². The first kappa shape index (κ1) is 26.6. The number of aromatic hydroxyl groups is 1. The largest absolute Gasteiger partial charge is 0.504 e. The van der Waals surface area contributed by atoms with Gasteiger partial charge in [0.05, 0.1) is 31.3 Å². The Hall–Kier alpha value is -3.05. The zero-order valence-electron chi connectivity index (χ0n) is 22.7. The lowest BCUT2D eigenvalue weighted by molar-refractivity contribution is -0.166. The van der Waals surface area contributed by atoms with Crippen LogP contribution >= 0.6 is 0 Å². The van der Waals surface area contributed by atoms with Crippen molar-refractivity contribution in [2.24, 2.45) is 5.73 Å². The maximum atomic E-state index is 13.6. The summed E-state index contributed by atoms with van der Waals surface area (Å²) in [6.45, 7) is 6.75. The maximum absolute atomic E-state index is 13.6. The Morgan fingerprint density at radius 1 is 1.18 bits per heavy atom. The molecule has 1 amide bonds. The number of fused-ring (bicyclic) bond motifs is 6. The lowest BCUT2D eigenvalue weighted by Gasteiger charge is -2.60. The molecule has 10 nitrogen and oxygen atoms in total. The predicted octanol–water partition coefficient (Wildman–Crippen LogP) is 0.630. The van der Waals surface area contributed by atoms with Crippen LogP contribution in [0, 0.1) is 6.92 Å². The molecule has 1 aliphatic carbocycles. The topological polar surface area (TPSA) is 145 Å². The Bertz CT molecular complexity index is 1310. The van der Waals surface area contributed by atoms with Crippen LogP contribution in [0.25, 0.3) is 0 Å². The van der Waals surface area contributed by atoms with E-state index in [1.54, 1.807) is 20.8 Å². The first-order valence-corrected chi connectivity index (χ1v) is 13.0. The van der Waals surface area contributed by atoms with Gasteiger partial charge in [-0.15, -0.1) is 0 Å². The summed E-state index contributed by atoms with van der Waals surface area (Å²) >= 11 is 0. The molecule has 3 heterocycles. The number of ether oxygens (including phenoxy) is 1. The van der Waals surface area contributed by atoms with Gasteiger partial charge in [0.25, 0.3) is 0 Å². The van der Waals surface area contributed by atoms with Crippen LogP contribution in [0.4, 0.5) is 0 Å². The molecule has 0 aromatic heterocycles. The molecule has 0 unspecified atom stereocenters. The van der Waals surface area contributed by atoms with Gasteiger partial charge in [-0.1, -0.05) is 6.07 Å². The number of phenolic OH excluding ortho intramolecular Hbond substituents is 1. The standard InChI is InChI=1S/C28H36N4O6/c1-11-7-15-8-18-28(37)32-17(22(31(18)5)20(15)25(35)26(11)38-6)9-16-21(19(32)10-30-27(36)14(4)29)24(34)13(3)12(2)23(16)33/h7,14,17-19,22,28,35,37H,8-10,29H2,1-6H3,(H,30,36)/t14-,17-,18+,19-,22-,28-/m0/s1. The maximum Gasteiger partial charge on any atom is 0.236 e. The highest BCUT2D eigenvalue weighted by molar-refractivity contribution is 6.25. The number of nitrogens with one attached hydrogen (secondary N) is 1. The number of amides is 1. The molecule has 1 aromatic rings. The van der Waals surface area contributed by atoms with Crippen molar-refractivity contribution >= 4 is 17.5 Å². The second-order valence-electron chi connectivity index (χ2n) is 11.0. The van der Waals surface area contributed by atoms with Crippen molar-refractivity contribution in [3.05, 3.63) is 45.0 Å². The number of hydrogen-bond acceptors (Lipinski definition) is 9. The van der Waals surface area contributed by atoms with Gasteiger partial charge in [-0.05, 0) is 58.7 Å². The van der Waals surface area contributed by atoms with Gasteiger partial charge in [-0.25, -0.2) is 0 Å². The number of aliphatic hydroxyl groups is 1. The molecule has 10 heteroatoms. The van der Waals surface area contributed by atoms with E-state index in [9.17, 15) is 24.6 Å². The lowest BCUT2D eigenvalue weighted by Crippen LogP contribution is -2.71. The molecule has 0 radical (unpaired) electrons. The van der Waals surface area contributed by atoms with Crippen LogP contribution in [0.3, 0.4) is 0 Å². The third kappa shape index (κ3) is 3.65. The molecule has 1 aromatic carbocycles. The molecule has 5 rings (SSSR count). The van der Waals surface area contributed by atoms with Crippen LogP contribution in [-0.4, -0.2) is 88.6 Å². The van der Waals surface area contributed by atoms with Crippen molar-refractivity contribution in [2.75, 3.05) is 20.7 Å². The van der Waals surface area contributed by atoms with Crippen molar-refractivity contribution in [3.63, 3.8) is 0 Å². The molecule has 38 heavy (non-hydrogen) atoms. The molecular formula is C28H36N4O6. The number of aliphatic hydroxyl groups excluding tert-OH is 1. The first-order valence-electron chi connectivity index (χ1n) is 13.0. The summed E-state index contributed by atoms with van der Waals surface area (Å²) in [4.78, 5) is 43.5. The quantitative estimate of drug-likeness (QED) is 0.417. The second-order valence-corrected chi connectivity index (χ2v) is 11.0. The van der Waals surface area contributed by atoms with E-state index in [1.807, 2.05) is 24.9 Å². The summed E-state index contributed by atoms with van der Waals surface area (Å²) in [5.74, 6) is -0.384. The predicted molar refractivity (Wildman–Crippen MR) is 140 cm³/mol. The summed E-state index contributed by atoms with van der Waals surface area (Å²) in [7, 11) is 3.42. The zero-order chi connectivity index (χ0) is 27.8. The number of hydrogen-bond donors (Lipinski definition) is 4. The number of allylic oxidation sites excluding steroid dienone is 2. The van der Waals surface area contributed by atoms with Gasteiger partial charge in [-0.2, -0.15) is 0 Å². The van der Waals surface area contributed by atoms with E-state index in [1.165, 1.54) is 7.11 Å². The van der Waals surface area contributed by atoms with Crippen molar-refractivity contribution in [3.8, 4) is 11.5 Å². The van der Waals surface area contributed by atoms with Crippen LogP contribution in [-0.2, 0) is 20.8 Å². The number of benzene rings is 1. The molecule has 0 saturated carbocycles. The number of Topliss-reactive ketones (excluding diaryl/α,β-unsaturated/α-hetero) is 2. The normalized spacial score (nSPS) is 30.1. The highest BCUT2D eigenvalue weighted by Gasteiger charge is 2.57. The van der Waals surface area contributed by atoms with Crippen LogP contribution in [0.1, 0.15) is 49.9 Å². The minimum absolute atomic E-state index is 0.0112. The molecule has 3 aliphatic heterocycles. The number of rotatable bonds is 4. The fraction of sp³-hybridized carbons (Fsp3) is 0.536. The zero-order valence-corrected chi connectivity index (χ0v) is 22.7. The number of likely N-dealkylation sites (N-methyl/N-ethyl adjacent to an activating group) is 1. The summed E-state index contributed by atoms with van der Waals surface area (Å²) in [6.07, 6.45) is -0.294. The number of ketones is 2.